The van der Waals surface area contributed by atoms with E-state index in [1.807, 2.05) is 39.0 Å². The van der Waals surface area contributed by atoms with E-state index in [4.69, 9.17) is 21.1 Å². The van der Waals surface area contributed by atoms with Crippen molar-refractivity contribution in [1.29, 1.82) is 0 Å². The van der Waals surface area contributed by atoms with Crippen LogP contribution < -0.4 is 14.8 Å². The monoisotopic (exact) mass is 363 g/mol. The van der Waals surface area contributed by atoms with Gasteiger partial charge in [0.2, 0.25) is 0 Å². The Morgan fingerprint density at radius 3 is 2.20 bits per heavy atom. The highest BCUT2D eigenvalue weighted by atomic mass is 35.5. The van der Waals surface area contributed by atoms with Gasteiger partial charge in [-0.25, -0.2) is 0 Å². The number of benzene rings is 2. The highest BCUT2D eigenvalue weighted by molar-refractivity contribution is 6.30. The van der Waals surface area contributed by atoms with E-state index in [0.717, 1.165) is 47.2 Å². The van der Waals surface area contributed by atoms with Gasteiger partial charge in [-0.1, -0.05) is 31.5 Å². The Bertz CT molecular complexity index is 651. The second-order valence-corrected chi connectivity index (χ2v) is 6.13. The van der Waals surface area contributed by atoms with Gasteiger partial charge in [0.15, 0.2) is 0 Å². The topological polar surface area (TPSA) is 30.5 Å². The number of aryl methyl sites for hydroxylation is 2. The Morgan fingerprint density at radius 2 is 1.60 bits per heavy atom. The second kappa shape index (κ2) is 11.0. The van der Waals surface area contributed by atoms with Gasteiger partial charge in [-0.15, -0.1) is 0 Å². The summed E-state index contributed by atoms with van der Waals surface area (Å²) in [6.45, 7) is 9.73. The van der Waals surface area contributed by atoms with Gasteiger partial charge in [-0.3, -0.25) is 0 Å². The maximum Gasteiger partial charge on any atom is 0.122 e. The SMILES string of the molecule is CC.COc1cc(CCNCc2cc(C)cc(Cl)c2)c(OC)cc1C. The number of rotatable bonds is 7. The van der Waals surface area contributed by atoms with E-state index in [0.29, 0.717) is 0 Å². The van der Waals surface area contributed by atoms with Crippen molar-refractivity contribution in [3.05, 3.63) is 57.6 Å². The molecular formula is C21H30ClNO2. The van der Waals surface area contributed by atoms with Crippen molar-refractivity contribution >= 4 is 11.6 Å². The molecule has 0 unspecified atom stereocenters. The van der Waals surface area contributed by atoms with Crippen molar-refractivity contribution in [3.63, 3.8) is 0 Å². The Labute approximate surface area is 157 Å². The minimum atomic E-state index is 0.784. The quantitative estimate of drug-likeness (QED) is 0.674. The zero-order valence-electron chi connectivity index (χ0n) is 16.2. The zero-order chi connectivity index (χ0) is 18.8. The summed E-state index contributed by atoms with van der Waals surface area (Å²) in [6, 6.07) is 10.2. The van der Waals surface area contributed by atoms with Crippen LogP contribution in [-0.4, -0.2) is 20.8 Å². The van der Waals surface area contributed by atoms with E-state index >= 15 is 0 Å². The molecule has 0 amide bonds. The summed E-state index contributed by atoms with van der Waals surface area (Å²) in [5.41, 5.74) is 4.60. The fraction of sp³-hybridized carbons (Fsp3) is 0.429. The lowest BCUT2D eigenvalue weighted by atomic mass is 10.1. The van der Waals surface area contributed by atoms with Gasteiger partial charge in [0, 0.05) is 11.6 Å². The van der Waals surface area contributed by atoms with Crippen LogP contribution in [0.4, 0.5) is 0 Å². The summed E-state index contributed by atoms with van der Waals surface area (Å²) >= 11 is 6.09. The van der Waals surface area contributed by atoms with Crippen LogP contribution in [-0.2, 0) is 13.0 Å². The molecule has 0 saturated heterocycles. The van der Waals surface area contributed by atoms with Crippen molar-refractivity contribution in [2.45, 2.75) is 40.7 Å². The first-order chi connectivity index (χ1) is 12.0. The van der Waals surface area contributed by atoms with Crippen molar-refractivity contribution in [2.24, 2.45) is 0 Å². The lowest BCUT2D eigenvalue weighted by Gasteiger charge is -2.13. The molecular weight excluding hydrogens is 334 g/mol. The highest BCUT2D eigenvalue weighted by Gasteiger charge is 2.08. The molecule has 2 aromatic rings. The number of hydrogen-bond donors (Lipinski definition) is 1. The minimum absolute atomic E-state index is 0.784. The Morgan fingerprint density at radius 1 is 0.920 bits per heavy atom. The molecule has 0 fully saturated rings. The highest BCUT2D eigenvalue weighted by Crippen LogP contribution is 2.28. The van der Waals surface area contributed by atoms with Crippen molar-refractivity contribution in [3.8, 4) is 11.5 Å². The summed E-state index contributed by atoms with van der Waals surface area (Å²) in [7, 11) is 3.39. The van der Waals surface area contributed by atoms with Crippen LogP contribution in [0, 0.1) is 13.8 Å². The second-order valence-electron chi connectivity index (χ2n) is 5.70. The van der Waals surface area contributed by atoms with Gasteiger partial charge in [-0.2, -0.15) is 0 Å². The van der Waals surface area contributed by atoms with Crippen LogP contribution in [0.15, 0.2) is 30.3 Å². The number of nitrogens with one attached hydrogen (secondary N) is 1. The van der Waals surface area contributed by atoms with Gasteiger partial charge >= 0.3 is 0 Å². The third-order valence-electron chi connectivity index (χ3n) is 3.80. The van der Waals surface area contributed by atoms with Crippen LogP contribution in [0.3, 0.4) is 0 Å². The normalized spacial score (nSPS) is 10.0. The molecule has 0 aliphatic carbocycles. The predicted octanol–water partition coefficient (Wildman–Crippen LogP) is 5.33. The Hall–Kier alpha value is -1.71. The summed E-state index contributed by atoms with van der Waals surface area (Å²) in [5, 5.41) is 4.24. The van der Waals surface area contributed by atoms with Crippen molar-refractivity contribution in [2.75, 3.05) is 20.8 Å². The molecule has 0 radical (unpaired) electrons. The van der Waals surface area contributed by atoms with E-state index < -0.39 is 0 Å². The standard InChI is InChI=1S/C19H24ClNO2.C2H6/c1-13-7-15(10-17(20)8-13)12-21-6-5-16-11-18(22-3)14(2)9-19(16)23-4;1-2/h7-11,21H,5-6,12H2,1-4H3;1-2H3. The largest absolute Gasteiger partial charge is 0.496 e. The molecule has 3 nitrogen and oxygen atoms in total. The number of methoxy groups -OCH3 is 2. The average molecular weight is 364 g/mol. The Kier molecular flexibility index (Phi) is 9.40. The predicted molar refractivity (Wildman–Crippen MR) is 107 cm³/mol. The molecule has 0 bridgehead atoms. The lowest BCUT2D eigenvalue weighted by Crippen LogP contribution is -2.17. The molecule has 0 aliphatic heterocycles. The van der Waals surface area contributed by atoms with E-state index in [9.17, 15) is 0 Å². The summed E-state index contributed by atoms with van der Waals surface area (Å²) in [6.07, 6.45) is 0.874. The Balaban J connectivity index is 0.00000151. The lowest BCUT2D eigenvalue weighted by molar-refractivity contribution is 0.396. The molecule has 0 aromatic heterocycles. The molecule has 2 aromatic carbocycles. The van der Waals surface area contributed by atoms with E-state index in [2.05, 4.69) is 24.4 Å². The number of hydrogen-bond acceptors (Lipinski definition) is 3. The van der Waals surface area contributed by atoms with Gasteiger partial charge in [0.25, 0.3) is 0 Å². The van der Waals surface area contributed by atoms with Gasteiger partial charge < -0.3 is 14.8 Å². The van der Waals surface area contributed by atoms with E-state index in [-0.39, 0.29) is 0 Å². The molecule has 4 heteroatoms. The van der Waals surface area contributed by atoms with Crippen molar-refractivity contribution in [1.82, 2.24) is 5.32 Å². The zero-order valence-corrected chi connectivity index (χ0v) is 17.0. The molecule has 25 heavy (non-hydrogen) atoms. The van der Waals surface area contributed by atoms with Crippen LogP contribution in [0.1, 0.15) is 36.1 Å². The van der Waals surface area contributed by atoms with Crippen molar-refractivity contribution < 1.29 is 9.47 Å². The van der Waals surface area contributed by atoms with E-state index in [1.54, 1.807) is 14.2 Å². The third kappa shape index (κ3) is 6.60. The molecule has 0 aliphatic rings. The first-order valence-electron chi connectivity index (χ1n) is 8.71. The molecule has 0 heterocycles. The minimum Gasteiger partial charge on any atom is -0.496 e. The maximum absolute atomic E-state index is 6.09. The first kappa shape index (κ1) is 21.3. The van der Waals surface area contributed by atoms with Crippen LogP contribution >= 0.6 is 11.6 Å². The van der Waals surface area contributed by atoms with Gasteiger partial charge in [-0.05, 0) is 73.3 Å². The van der Waals surface area contributed by atoms with Gasteiger partial charge in [0.05, 0.1) is 14.2 Å². The summed E-state index contributed by atoms with van der Waals surface area (Å²) < 4.78 is 10.9. The fourth-order valence-corrected chi connectivity index (χ4v) is 2.99. The number of ether oxygens (including phenoxy) is 2. The summed E-state index contributed by atoms with van der Waals surface area (Å²) in [4.78, 5) is 0. The number of halogens is 1. The summed E-state index contributed by atoms with van der Waals surface area (Å²) in [5.74, 6) is 1.80. The molecule has 0 atom stereocenters. The molecule has 0 spiro atoms. The fourth-order valence-electron chi connectivity index (χ4n) is 2.68. The molecule has 2 rings (SSSR count). The molecule has 0 saturated carbocycles. The smallest absolute Gasteiger partial charge is 0.122 e. The van der Waals surface area contributed by atoms with Crippen LogP contribution in [0.5, 0.6) is 11.5 Å². The third-order valence-corrected chi connectivity index (χ3v) is 4.02. The van der Waals surface area contributed by atoms with Gasteiger partial charge in [0.1, 0.15) is 11.5 Å². The van der Waals surface area contributed by atoms with E-state index in [1.165, 1.54) is 11.1 Å². The first-order valence-corrected chi connectivity index (χ1v) is 9.09. The van der Waals surface area contributed by atoms with Crippen LogP contribution in [0.25, 0.3) is 0 Å². The average Bonchev–Trinajstić information content (AvgIpc) is 2.60. The maximum atomic E-state index is 6.09. The molecule has 138 valence electrons. The van der Waals surface area contributed by atoms with Crippen LogP contribution in [0.2, 0.25) is 5.02 Å². The molecule has 1 N–H and O–H groups in total.